The van der Waals surface area contributed by atoms with E-state index in [9.17, 15) is 27.9 Å². The van der Waals surface area contributed by atoms with E-state index < -0.39 is 23.5 Å². The summed E-state index contributed by atoms with van der Waals surface area (Å²) < 4.78 is 40.6. The highest BCUT2D eigenvalue weighted by Gasteiger charge is 2.30. The summed E-state index contributed by atoms with van der Waals surface area (Å²) in [6, 6.07) is 19.2. The lowest BCUT2D eigenvalue weighted by Crippen LogP contribution is -2.12. The maximum Gasteiger partial charge on any atom is 0.416 e. The monoisotopic (exact) mass is 423 g/mol. The summed E-state index contributed by atoms with van der Waals surface area (Å²) in [5, 5.41) is 9.69. The molecule has 0 amide bonds. The Hall–Kier alpha value is -3.87. The third-order valence-electron chi connectivity index (χ3n) is 5.06. The van der Waals surface area contributed by atoms with Crippen molar-refractivity contribution in [1.82, 2.24) is 4.57 Å². The van der Waals surface area contributed by atoms with Crippen LogP contribution in [0.5, 0.6) is 0 Å². The molecule has 31 heavy (non-hydrogen) atoms. The molecule has 7 heteroatoms. The van der Waals surface area contributed by atoms with Gasteiger partial charge in [0.05, 0.1) is 11.1 Å². The van der Waals surface area contributed by atoms with E-state index in [0.717, 1.165) is 17.7 Å². The number of rotatable bonds is 5. The maximum atomic E-state index is 12.9. The van der Waals surface area contributed by atoms with Gasteiger partial charge in [-0.2, -0.15) is 13.2 Å². The lowest BCUT2D eigenvalue weighted by molar-refractivity contribution is -0.137. The Labute approximate surface area is 175 Å². The third-order valence-corrected chi connectivity index (χ3v) is 5.06. The van der Waals surface area contributed by atoms with Gasteiger partial charge in [0.2, 0.25) is 0 Å². The average molecular weight is 423 g/mol. The van der Waals surface area contributed by atoms with Gasteiger partial charge in [-0.15, -0.1) is 0 Å². The molecule has 0 aliphatic heterocycles. The van der Waals surface area contributed by atoms with Gasteiger partial charge in [0.25, 0.3) is 5.78 Å². The van der Waals surface area contributed by atoms with Crippen molar-refractivity contribution in [3.05, 3.63) is 95.7 Å². The molecule has 4 aromatic rings. The van der Waals surface area contributed by atoms with Crippen molar-refractivity contribution in [2.75, 3.05) is 0 Å². The molecule has 1 N–H and O–H groups in total. The summed E-state index contributed by atoms with van der Waals surface area (Å²) in [5.41, 5.74) is 1.72. The van der Waals surface area contributed by atoms with Crippen LogP contribution in [0.1, 0.15) is 21.5 Å². The van der Waals surface area contributed by atoms with Gasteiger partial charge >= 0.3 is 12.1 Å². The van der Waals surface area contributed by atoms with Gasteiger partial charge in [0, 0.05) is 23.6 Å². The second-order valence-corrected chi connectivity index (χ2v) is 7.07. The fraction of sp³-hybridized carbons (Fsp3) is 0.0833. The first-order valence-corrected chi connectivity index (χ1v) is 9.37. The van der Waals surface area contributed by atoms with E-state index in [1.165, 1.54) is 18.3 Å². The molecule has 0 spiro atoms. The molecule has 0 bridgehead atoms. The fourth-order valence-corrected chi connectivity index (χ4v) is 3.63. The van der Waals surface area contributed by atoms with E-state index in [2.05, 4.69) is 0 Å². The Bertz CT molecular complexity index is 1270. The molecule has 0 saturated heterocycles. The molecule has 0 saturated carbocycles. The zero-order chi connectivity index (χ0) is 22.2. The van der Waals surface area contributed by atoms with E-state index in [1.807, 2.05) is 30.3 Å². The lowest BCUT2D eigenvalue weighted by atomic mass is 9.97. The number of nitrogens with zero attached hydrogens (tertiary/aromatic N) is 1. The number of alkyl halides is 3. The zero-order valence-electron chi connectivity index (χ0n) is 16.1. The zero-order valence-corrected chi connectivity index (χ0v) is 16.1. The number of carboxylic acid groups (broad SMARTS) is 1. The minimum absolute atomic E-state index is 0.00562. The quantitative estimate of drug-likeness (QED) is 0.334. The van der Waals surface area contributed by atoms with E-state index >= 15 is 0 Å². The first-order chi connectivity index (χ1) is 14.8. The van der Waals surface area contributed by atoms with Gasteiger partial charge in [0.15, 0.2) is 0 Å². The summed E-state index contributed by atoms with van der Waals surface area (Å²) in [5.74, 6) is -2.67. The summed E-state index contributed by atoms with van der Waals surface area (Å²) in [4.78, 5) is 23.9. The average Bonchev–Trinajstić information content (AvgIpc) is 3.12. The van der Waals surface area contributed by atoms with Crippen molar-refractivity contribution in [2.24, 2.45) is 0 Å². The number of benzene rings is 3. The highest BCUT2D eigenvalue weighted by molar-refractivity contribution is 6.42. The number of hydrogen-bond acceptors (Lipinski definition) is 2. The number of aromatic nitrogens is 1. The second kappa shape index (κ2) is 7.75. The Balaban J connectivity index is 1.90. The van der Waals surface area contributed by atoms with Gasteiger partial charge < -0.3 is 9.67 Å². The maximum absolute atomic E-state index is 12.9. The largest absolute Gasteiger partial charge is 0.475 e. The van der Waals surface area contributed by atoms with Crippen LogP contribution in [0.2, 0.25) is 0 Å². The van der Waals surface area contributed by atoms with E-state index in [4.69, 9.17) is 0 Å². The van der Waals surface area contributed by atoms with E-state index in [-0.39, 0.29) is 5.56 Å². The lowest BCUT2D eigenvalue weighted by Gasteiger charge is -2.10. The highest BCUT2D eigenvalue weighted by atomic mass is 19.4. The summed E-state index contributed by atoms with van der Waals surface area (Å²) in [7, 11) is 0. The fourth-order valence-electron chi connectivity index (χ4n) is 3.63. The van der Waals surface area contributed by atoms with E-state index in [1.54, 1.807) is 22.8 Å². The molecule has 0 unspecified atom stereocenters. The van der Waals surface area contributed by atoms with Crippen LogP contribution in [-0.2, 0) is 17.5 Å². The van der Waals surface area contributed by atoms with Crippen molar-refractivity contribution in [3.8, 4) is 11.1 Å². The van der Waals surface area contributed by atoms with Crippen molar-refractivity contribution >= 4 is 22.7 Å². The molecule has 0 radical (unpaired) electrons. The Morgan fingerprint density at radius 1 is 0.871 bits per heavy atom. The van der Waals surface area contributed by atoms with Crippen LogP contribution in [0, 0.1) is 0 Å². The number of fused-ring (bicyclic) bond motifs is 1. The Morgan fingerprint density at radius 2 is 1.55 bits per heavy atom. The number of carbonyl (C=O) groups excluding carboxylic acids is 1. The first-order valence-electron chi connectivity index (χ1n) is 9.37. The second-order valence-electron chi connectivity index (χ2n) is 7.07. The van der Waals surface area contributed by atoms with Gasteiger partial charge in [-0.25, -0.2) is 4.79 Å². The van der Waals surface area contributed by atoms with Gasteiger partial charge in [-0.05, 0) is 34.9 Å². The number of Topliss-reactive ketones (excluding diaryl/α,β-unsaturated/α-hetero) is 1. The molecule has 0 fully saturated rings. The molecule has 4 nitrogen and oxygen atoms in total. The SMILES string of the molecule is O=C(O)C(=O)c1cn(Cc2ccccc2)c2cccc(-c3ccc(C(F)(F)F)cc3)c12. The predicted molar refractivity (Wildman–Crippen MR) is 110 cm³/mol. The van der Waals surface area contributed by atoms with Crippen LogP contribution in [0.3, 0.4) is 0 Å². The minimum atomic E-state index is -4.46. The molecule has 0 aliphatic carbocycles. The number of aliphatic carboxylic acids is 1. The van der Waals surface area contributed by atoms with Crippen molar-refractivity contribution in [2.45, 2.75) is 12.7 Å². The molecule has 4 rings (SSSR count). The minimum Gasteiger partial charge on any atom is -0.475 e. The van der Waals surface area contributed by atoms with Crippen molar-refractivity contribution in [3.63, 3.8) is 0 Å². The topological polar surface area (TPSA) is 59.3 Å². The van der Waals surface area contributed by atoms with Crippen molar-refractivity contribution < 1.29 is 27.9 Å². The number of carbonyl (C=O) groups is 2. The van der Waals surface area contributed by atoms with Crippen LogP contribution < -0.4 is 0 Å². The summed E-state index contributed by atoms with van der Waals surface area (Å²) >= 11 is 0. The van der Waals surface area contributed by atoms with Gasteiger partial charge in [-0.1, -0.05) is 54.6 Å². The molecular weight excluding hydrogens is 407 g/mol. The van der Waals surface area contributed by atoms with Crippen LogP contribution >= 0.6 is 0 Å². The van der Waals surface area contributed by atoms with Crippen LogP contribution in [0.25, 0.3) is 22.0 Å². The van der Waals surface area contributed by atoms with Crippen LogP contribution in [0.4, 0.5) is 13.2 Å². The molecule has 3 aromatic carbocycles. The first kappa shape index (κ1) is 20.4. The van der Waals surface area contributed by atoms with Gasteiger partial charge in [-0.3, -0.25) is 4.79 Å². The summed E-state index contributed by atoms with van der Waals surface area (Å²) in [6.45, 7) is 0.403. The molecule has 0 atom stereocenters. The normalized spacial score (nSPS) is 11.6. The molecule has 0 aliphatic rings. The molecule has 156 valence electrons. The standard InChI is InChI=1S/C24H16F3NO3/c25-24(26,27)17-11-9-16(10-12-17)18-7-4-8-20-21(18)19(22(29)23(30)31)14-28(20)13-15-5-2-1-3-6-15/h1-12,14H,13H2,(H,30,31). The van der Waals surface area contributed by atoms with Gasteiger partial charge in [0.1, 0.15) is 0 Å². The third kappa shape index (κ3) is 3.94. The van der Waals surface area contributed by atoms with Crippen molar-refractivity contribution in [1.29, 1.82) is 0 Å². The number of halogens is 3. The Morgan fingerprint density at radius 3 is 2.16 bits per heavy atom. The Kier molecular flexibility index (Phi) is 5.10. The number of hydrogen-bond donors (Lipinski definition) is 1. The van der Waals surface area contributed by atoms with Crippen LogP contribution in [-0.4, -0.2) is 21.4 Å². The number of carboxylic acids is 1. The summed E-state index contributed by atoms with van der Waals surface area (Å²) in [6.07, 6.45) is -2.98. The van der Waals surface area contributed by atoms with Crippen LogP contribution in [0.15, 0.2) is 79.0 Å². The van der Waals surface area contributed by atoms with E-state index in [0.29, 0.717) is 28.6 Å². The smallest absolute Gasteiger partial charge is 0.416 e. The predicted octanol–water partition coefficient (Wildman–Crippen LogP) is 5.64. The molecule has 1 heterocycles. The highest BCUT2D eigenvalue weighted by Crippen LogP contribution is 2.35. The number of ketones is 1. The molecule has 1 aromatic heterocycles. The molecular formula is C24H16F3NO3.